The Labute approximate surface area is 147 Å². The normalized spacial score (nSPS) is 10.3. The van der Waals surface area contributed by atoms with Gasteiger partial charge in [-0.2, -0.15) is 0 Å². The lowest BCUT2D eigenvalue weighted by molar-refractivity contribution is -0.115. The Balaban J connectivity index is 1.51. The molecule has 126 valence electrons. The SMILES string of the molecule is Cc1ccc(CC(=O)Nc2ccc(NCc3ccncc3)nc2)cc1. The van der Waals surface area contributed by atoms with Crippen molar-refractivity contribution in [3.63, 3.8) is 0 Å². The molecule has 0 aliphatic carbocycles. The molecule has 0 unspecified atom stereocenters. The summed E-state index contributed by atoms with van der Waals surface area (Å²) in [6.45, 7) is 2.70. The third kappa shape index (κ3) is 5.14. The van der Waals surface area contributed by atoms with E-state index in [2.05, 4.69) is 20.6 Å². The zero-order chi connectivity index (χ0) is 17.5. The number of hydrogen-bond acceptors (Lipinski definition) is 4. The molecule has 0 saturated heterocycles. The predicted octanol–water partition coefficient (Wildman–Crippen LogP) is 3.58. The molecule has 0 atom stereocenters. The Morgan fingerprint density at radius 1 is 0.960 bits per heavy atom. The maximum atomic E-state index is 12.1. The lowest BCUT2D eigenvalue weighted by Crippen LogP contribution is -2.14. The molecule has 3 rings (SSSR count). The van der Waals surface area contributed by atoms with Crippen molar-refractivity contribution in [1.29, 1.82) is 0 Å². The number of carbonyl (C=O) groups is 1. The highest BCUT2D eigenvalue weighted by Gasteiger charge is 2.05. The first-order valence-corrected chi connectivity index (χ1v) is 8.13. The minimum absolute atomic E-state index is 0.0526. The van der Waals surface area contributed by atoms with E-state index in [1.165, 1.54) is 5.56 Å². The van der Waals surface area contributed by atoms with Crippen LogP contribution in [0.5, 0.6) is 0 Å². The zero-order valence-corrected chi connectivity index (χ0v) is 14.1. The summed E-state index contributed by atoms with van der Waals surface area (Å²) in [7, 11) is 0. The fraction of sp³-hybridized carbons (Fsp3) is 0.150. The number of aryl methyl sites for hydroxylation is 1. The predicted molar refractivity (Wildman–Crippen MR) is 99.3 cm³/mol. The van der Waals surface area contributed by atoms with Crippen LogP contribution >= 0.6 is 0 Å². The molecule has 2 aromatic heterocycles. The van der Waals surface area contributed by atoms with Gasteiger partial charge in [-0.25, -0.2) is 4.98 Å². The van der Waals surface area contributed by atoms with E-state index in [1.807, 2.05) is 55.5 Å². The average Bonchev–Trinajstić information content (AvgIpc) is 2.64. The summed E-state index contributed by atoms with van der Waals surface area (Å²) in [5.74, 6) is 0.705. The van der Waals surface area contributed by atoms with Gasteiger partial charge >= 0.3 is 0 Å². The topological polar surface area (TPSA) is 66.9 Å². The van der Waals surface area contributed by atoms with Crippen molar-refractivity contribution >= 4 is 17.4 Å². The van der Waals surface area contributed by atoms with Gasteiger partial charge in [-0.05, 0) is 42.3 Å². The zero-order valence-electron chi connectivity index (χ0n) is 14.1. The van der Waals surface area contributed by atoms with Crippen LogP contribution in [0.15, 0.2) is 67.1 Å². The quantitative estimate of drug-likeness (QED) is 0.724. The molecule has 1 amide bonds. The van der Waals surface area contributed by atoms with Crippen LogP contribution in [-0.2, 0) is 17.8 Å². The Morgan fingerprint density at radius 2 is 1.72 bits per heavy atom. The van der Waals surface area contributed by atoms with Gasteiger partial charge in [0.25, 0.3) is 0 Å². The summed E-state index contributed by atoms with van der Waals surface area (Å²) in [6.07, 6.45) is 5.53. The number of rotatable bonds is 6. The fourth-order valence-corrected chi connectivity index (χ4v) is 2.36. The third-order valence-corrected chi connectivity index (χ3v) is 3.76. The van der Waals surface area contributed by atoms with E-state index < -0.39 is 0 Å². The summed E-state index contributed by atoms with van der Waals surface area (Å²) in [6, 6.07) is 15.6. The van der Waals surface area contributed by atoms with Crippen LogP contribution in [0.3, 0.4) is 0 Å². The van der Waals surface area contributed by atoms with Gasteiger partial charge in [0, 0.05) is 18.9 Å². The molecule has 2 N–H and O–H groups in total. The standard InChI is InChI=1S/C20H20N4O/c1-15-2-4-16(5-3-15)12-20(25)24-18-6-7-19(23-14-18)22-13-17-8-10-21-11-9-17/h2-11,14H,12-13H2,1H3,(H,22,23)(H,24,25). The maximum absolute atomic E-state index is 12.1. The lowest BCUT2D eigenvalue weighted by Gasteiger charge is -2.08. The molecule has 1 aromatic carbocycles. The lowest BCUT2D eigenvalue weighted by atomic mass is 10.1. The van der Waals surface area contributed by atoms with Crippen molar-refractivity contribution in [2.75, 3.05) is 10.6 Å². The summed E-state index contributed by atoms with van der Waals surface area (Å²) in [5, 5.41) is 6.10. The van der Waals surface area contributed by atoms with Gasteiger partial charge in [-0.1, -0.05) is 29.8 Å². The van der Waals surface area contributed by atoms with Crippen LogP contribution in [0, 0.1) is 6.92 Å². The second kappa shape index (κ2) is 8.06. The van der Waals surface area contributed by atoms with Crippen molar-refractivity contribution in [3.05, 3.63) is 83.8 Å². The van der Waals surface area contributed by atoms with E-state index in [4.69, 9.17) is 0 Å². The monoisotopic (exact) mass is 332 g/mol. The van der Waals surface area contributed by atoms with Crippen molar-refractivity contribution < 1.29 is 4.79 Å². The largest absolute Gasteiger partial charge is 0.366 e. The minimum Gasteiger partial charge on any atom is -0.366 e. The molecule has 0 fully saturated rings. The van der Waals surface area contributed by atoms with Crippen LogP contribution < -0.4 is 10.6 Å². The first-order chi connectivity index (χ1) is 12.2. The number of benzene rings is 1. The van der Waals surface area contributed by atoms with Gasteiger partial charge in [0.15, 0.2) is 0 Å². The van der Waals surface area contributed by atoms with Crippen LogP contribution in [0.4, 0.5) is 11.5 Å². The first kappa shape index (κ1) is 16.6. The number of hydrogen-bond donors (Lipinski definition) is 2. The van der Waals surface area contributed by atoms with E-state index in [-0.39, 0.29) is 5.91 Å². The van der Waals surface area contributed by atoms with E-state index in [1.54, 1.807) is 18.6 Å². The highest BCUT2D eigenvalue weighted by molar-refractivity contribution is 5.92. The van der Waals surface area contributed by atoms with Gasteiger partial charge < -0.3 is 10.6 Å². The molecule has 0 radical (unpaired) electrons. The highest BCUT2D eigenvalue weighted by atomic mass is 16.1. The van der Waals surface area contributed by atoms with Crippen molar-refractivity contribution in [1.82, 2.24) is 9.97 Å². The van der Waals surface area contributed by atoms with Crippen LogP contribution in [0.25, 0.3) is 0 Å². The number of carbonyl (C=O) groups excluding carboxylic acids is 1. The molecule has 0 spiro atoms. The Morgan fingerprint density at radius 3 is 2.40 bits per heavy atom. The van der Waals surface area contributed by atoms with E-state index >= 15 is 0 Å². The minimum atomic E-state index is -0.0526. The number of anilines is 2. The molecule has 25 heavy (non-hydrogen) atoms. The van der Waals surface area contributed by atoms with Crippen LogP contribution in [-0.4, -0.2) is 15.9 Å². The molecule has 0 bridgehead atoms. The van der Waals surface area contributed by atoms with Crippen molar-refractivity contribution in [2.24, 2.45) is 0 Å². The second-order valence-electron chi connectivity index (χ2n) is 5.85. The summed E-state index contributed by atoms with van der Waals surface area (Å²) in [5.41, 5.74) is 3.99. The number of amides is 1. The first-order valence-electron chi connectivity index (χ1n) is 8.13. The molecule has 5 heteroatoms. The van der Waals surface area contributed by atoms with Crippen molar-refractivity contribution in [2.45, 2.75) is 19.9 Å². The Kier molecular flexibility index (Phi) is 5.36. The summed E-state index contributed by atoms with van der Waals surface area (Å²) in [4.78, 5) is 20.4. The van der Waals surface area contributed by atoms with E-state index in [0.29, 0.717) is 18.7 Å². The van der Waals surface area contributed by atoms with Crippen molar-refractivity contribution in [3.8, 4) is 0 Å². The second-order valence-corrected chi connectivity index (χ2v) is 5.85. The highest BCUT2D eigenvalue weighted by Crippen LogP contribution is 2.12. The fourth-order valence-electron chi connectivity index (χ4n) is 2.36. The molecule has 3 aromatic rings. The van der Waals surface area contributed by atoms with Gasteiger partial charge in [0.1, 0.15) is 5.82 Å². The molecule has 0 saturated carbocycles. The maximum Gasteiger partial charge on any atom is 0.228 e. The van der Waals surface area contributed by atoms with Gasteiger partial charge in [0.2, 0.25) is 5.91 Å². The molecular formula is C20H20N4O. The molecule has 2 heterocycles. The molecule has 0 aliphatic rings. The van der Waals surface area contributed by atoms with Gasteiger partial charge in [-0.15, -0.1) is 0 Å². The van der Waals surface area contributed by atoms with E-state index in [0.717, 1.165) is 16.9 Å². The smallest absolute Gasteiger partial charge is 0.228 e. The van der Waals surface area contributed by atoms with E-state index in [9.17, 15) is 4.79 Å². The number of nitrogens with zero attached hydrogens (tertiary/aromatic N) is 2. The Bertz CT molecular complexity index is 815. The van der Waals surface area contributed by atoms with Crippen LogP contribution in [0.2, 0.25) is 0 Å². The summed E-state index contributed by atoms with van der Waals surface area (Å²) >= 11 is 0. The molecule has 5 nitrogen and oxygen atoms in total. The Hall–Kier alpha value is -3.21. The number of aromatic nitrogens is 2. The molecule has 0 aliphatic heterocycles. The number of nitrogens with one attached hydrogen (secondary N) is 2. The van der Waals surface area contributed by atoms with Gasteiger partial charge in [-0.3, -0.25) is 9.78 Å². The van der Waals surface area contributed by atoms with Crippen LogP contribution in [0.1, 0.15) is 16.7 Å². The molecular weight excluding hydrogens is 312 g/mol. The van der Waals surface area contributed by atoms with Gasteiger partial charge in [0.05, 0.1) is 18.3 Å². The average molecular weight is 332 g/mol. The third-order valence-electron chi connectivity index (χ3n) is 3.76. The number of pyridine rings is 2. The summed E-state index contributed by atoms with van der Waals surface area (Å²) < 4.78 is 0.